The predicted octanol–water partition coefficient (Wildman–Crippen LogP) is 3.08. The van der Waals surface area contributed by atoms with Crippen LogP contribution >= 0.6 is 11.3 Å². The summed E-state index contributed by atoms with van der Waals surface area (Å²) in [6.45, 7) is 1.79. The van der Waals surface area contributed by atoms with Crippen LogP contribution in [0.3, 0.4) is 0 Å². The topological polar surface area (TPSA) is 61.4 Å². The van der Waals surface area contributed by atoms with Crippen molar-refractivity contribution in [1.82, 2.24) is 10.6 Å². The van der Waals surface area contributed by atoms with Crippen molar-refractivity contribution in [3.8, 4) is 0 Å². The van der Waals surface area contributed by atoms with E-state index in [4.69, 9.17) is 0 Å². The number of benzene rings is 1. The van der Waals surface area contributed by atoms with Crippen molar-refractivity contribution in [3.05, 3.63) is 57.5 Å². The largest absolute Gasteiger partial charge is 0.384 e. The van der Waals surface area contributed by atoms with E-state index in [9.17, 15) is 14.3 Å². The zero-order valence-corrected chi connectivity index (χ0v) is 13.6. The molecule has 1 aromatic carbocycles. The Kier molecular flexibility index (Phi) is 4.37. The number of halogens is 1. The first-order valence-electron chi connectivity index (χ1n) is 7.53. The van der Waals surface area contributed by atoms with Gasteiger partial charge in [-0.25, -0.2) is 9.18 Å². The van der Waals surface area contributed by atoms with E-state index >= 15 is 0 Å². The van der Waals surface area contributed by atoms with Crippen molar-refractivity contribution in [2.24, 2.45) is 0 Å². The van der Waals surface area contributed by atoms with Crippen LogP contribution in [0.5, 0.6) is 0 Å². The van der Waals surface area contributed by atoms with Gasteiger partial charge in [0.2, 0.25) is 0 Å². The van der Waals surface area contributed by atoms with Crippen LogP contribution in [0.4, 0.5) is 9.18 Å². The summed E-state index contributed by atoms with van der Waals surface area (Å²) in [5.74, 6) is -0.249. The van der Waals surface area contributed by atoms with Gasteiger partial charge in [0, 0.05) is 0 Å². The standard InChI is InChI=1S/C17H19FN2O2S/c1-17(22,12-6-7-23-9-12)10-19-16(21)20-15-5-2-11-8-13(18)3-4-14(11)15/h3-4,6-9,15,22H,2,5,10H2,1H3,(H2,19,20,21)/t15-,17-/m1/s1. The quantitative estimate of drug-likeness (QED) is 0.805. The van der Waals surface area contributed by atoms with Crippen LogP contribution in [0.1, 0.15) is 36.1 Å². The molecule has 0 aliphatic heterocycles. The Morgan fingerprint density at radius 3 is 3.04 bits per heavy atom. The molecule has 1 aliphatic carbocycles. The maximum atomic E-state index is 13.2. The van der Waals surface area contributed by atoms with Gasteiger partial charge in [-0.1, -0.05) is 6.07 Å². The third-order valence-corrected chi connectivity index (χ3v) is 4.91. The van der Waals surface area contributed by atoms with Gasteiger partial charge in [0.15, 0.2) is 0 Å². The van der Waals surface area contributed by atoms with E-state index in [1.807, 2.05) is 16.8 Å². The molecule has 0 saturated carbocycles. The normalized spacial score (nSPS) is 19.0. The highest BCUT2D eigenvalue weighted by molar-refractivity contribution is 7.08. The number of thiophene rings is 1. The summed E-state index contributed by atoms with van der Waals surface area (Å²) in [5.41, 5.74) is 1.59. The van der Waals surface area contributed by atoms with E-state index in [1.165, 1.54) is 23.5 Å². The fourth-order valence-electron chi connectivity index (χ4n) is 2.87. The molecule has 3 N–H and O–H groups in total. The minimum atomic E-state index is -1.10. The monoisotopic (exact) mass is 334 g/mol. The molecule has 4 nitrogen and oxygen atoms in total. The second kappa shape index (κ2) is 6.29. The number of aliphatic hydroxyl groups is 1. The Bertz CT molecular complexity index is 701. The molecular formula is C17H19FN2O2S. The molecule has 3 rings (SSSR count). The average Bonchev–Trinajstić information content (AvgIpc) is 3.16. The molecule has 2 atom stereocenters. The third kappa shape index (κ3) is 3.54. The number of hydrogen-bond donors (Lipinski definition) is 3. The molecule has 0 unspecified atom stereocenters. The Labute approximate surface area is 138 Å². The summed E-state index contributed by atoms with van der Waals surface area (Å²) in [6, 6.07) is 6.06. The molecular weight excluding hydrogens is 315 g/mol. The van der Waals surface area contributed by atoms with Gasteiger partial charge < -0.3 is 15.7 Å². The first kappa shape index (κ1) is 16.0. The van der Waals surface area contributed by atoms with Gasteiger partial charge in [-0.05, 0) is 65.4 Å². The number of urea groups is 1. The van der Waals surface area contributed by atoms with E-state index in [1.54, 1.807) is 13.0 Å². The lowest BCUT2D eigenvalue weighted by Crippen LogP contribution is -2.44. The highest BCUT2D eigenvalue weighted by Crippen LogP contribution is 2.31. The van der Waals surface area contributed by atoms with E-state index in [0.717, 1.165) is 29.5 Å². The molecule has 0 radical (unpaired) electrons. The maximum Gasteiger partial charge on any atom is 0.315 e. The van der Waals surface area contributed by atoms with Crippen molar-refractivity contribution in [1.29, 1.82) is 0 Å². The molecule has 1 aromatic heterocycles. The molecule has 0 bridgehead atoms. The first-order chi connectivity index (χ1) is 11.0. The van der Waals surface area contributed by atoms with Crippen LogP contribution < -0.4 is 10.6 Å². The molecule has 0 saturated heterocycles. The molecule has 2 aromatic rings. The molecule has 122 valence electrons. The van der Waals surface area contributed by atoms with Gasteiger partial charge in [0.25, 0.3) is 0 Å². The second-order valence-electron chi connectivity index (χ2n) is 6.05. The van der Waals surface area contributed by atoms with E-state index in [0.29, 0.717) is 0 Å². The third-order valence-electron chi connectivity index (χ3n) is 4.22. The van der Waals surface area contributed by atoms with Gasteiger partial charge in [0.05, 0.1) is 12.6 Å². The van der Waals surface area contributed by atoms with Crippen LogP contribution in [-0.4, -0.2) is 17.7 Å². The van der Waals surface area contributed by atoms with Gasteiger partial charge in [0.1, 0.15) is 11.4 Å². The number of carbonyl (C=O) groups excluding carboxylic acids is 1. The lowest BCUT2D eigenvalue weighted by molar-refractivity contribution is 0.0597. The highest BCUT2D eigenvalue weighted by Gasteiger charge is 2.27. The molecule has 6 heteroatoms. The lowest BCUT2D eigenvalue weighted by atomic mass is 9.99. The van der Waals surface area contributed by atoms with Crippen LogP contribution in [0.25, 0.3) is 0 Å². The smallest absolute Gasteiger partial charge is 0.315 e. The van der Waals surface area contributed by atoms with Crippen molar-refractivity contribution in [2.45, 2.75) is 31.4 Å². The number of rotatable bonds is 4. The molecule has 0 fully saturated rings. The van der Waals surface area contributed by atoms with E-state index in [2.05, 4.69) is 10.6 Å². The number of amides is 2. The van der Waals surface area contributed by atoms with Crippen LogP contribution in [0, 0.1) is 5.82 Å². The minimum absolute atomic E-state index is 0.114. The van der Waals surface area contributed by atoms with Gasteiger partial charge in [-0.3, -0.25) is 0 Å². The second-order valence-corrected chi connectivity index (χ2v) is 6.83. The molecule has 23 heavy (non-hydrogen) atoms. The number of aryl methyl sites for hydroxylation is 1. The zero-order chi connectivity index (χ0) is 16.4. The lowest BCUT2D eigenvalue weighted by Gasteiger charge is -2.23. The van der Waals surface area contributed by atoms with Crippen LogP contribution in [0.15, 0.2) is 35.0 Å². The molecule has 0 spiro atoms. The fourth-order valence-corrected chi connectivity index (χ4v) is 3.65. The zero-order valence-electron chi connectivity index (χ0n) is 12.8. The van der Waals surface area contributed by atoms with E-state index in [-0.39, 0.29) is 24.4 Å². The van der Waals surface area contributed by atoms with Crippen LogP contribution in [-0.2, 0) is 12.0 Å². The SMILES string of the molecule is C[C@@](O)(CNC(=O)N[C@@H]1CCc2cc(F)ccc21)c1ccsc1. The Balaban J connectivity index is 1.57. The fraction of sp³-hybridized carbons (Fsp3) is 0.353. The molecule has 1 aliphatic rings. The van der Waals surface area contributed by atoms with Crippen molar-refractivity contribution in [2.75, 3.05) is 6.54 Å². The van der Waals surface area contributed by atoms with Gasteiger partial charge in [-0.15, -0.1) is 0 Å². The Hall–Kier alpha value is -1.92. The molecule has 1 heterocycles. The van der Waals surface area contributed by atoms with Crippen molar-refractivity contribution in [3.63, 3.8) is 0 Å². The average molecular weight is 334 g/mol. The number of fused-ring (bicyclic) bond motifs is 1. The van der Waals surface area contributed by atoms with E-state index < -0.39 is 5.60 Å². The van der Waals surface area contributed by atoms with Crippen molar-refractivity contribution >= 4 is 17.4 Å². The van der Waals surface area contributed by atoms with Gasteiger partial charge in [-0.2, -0.15) is 11.3 Å². The van der Waals surface area contributed by atoms with Crippen LogP contribution in [0.2, 0.25) is 0 Å². The Morgan fingerprint density at radius 1 is 1.48 bits per heavy atom. The van der Waals surface area contributed by atoms with Crippen molar-refractivity contribution < 1.29 is 14.3 Å². The molecule has 2 amide bonds. The summed E-state index contributed by atoms with van der Waals surface area (Å²) >= 11 is 1.50. The number of nitrogens with one attached hydrogen (secondary N) is 2. The maximum absolute atomic E-state index is 13.2. The number of hydrogen-bond acceptors (Lipinski definition) is 3. The Morgan fingerprint density at radius 2 is 2.30 bits per heavy atom. The summed E-state index contributed by atoms with van der Waals surface area (Å²) in [7, 11) is 0. The first-order valence-corrected chi connectivity index (χ1v) is 8.48. The predicted molar refractivity (Wildman–Crippen MR) is 87.9 cm³/mol. The summed E-state index contributed by atoms with van der Waals surface area (Å²) in [5, 5.41) is 19.7. The number of carbonyl (C=O) groups is 1. The summed E-state index contributed by atoms with van der Waals surface area (Å²) < 4.78 is 13.2. The highest BCUT2D eigenvalue weighted by atomic mass is 32.1. The van der Waals surface area contributed by atoms with Gasteiger partial charge >= 0.3 is 6.03 Å². The summed E-state index contributed by atoms with van der Waals surface area (Å²) in [4.78, 5) is 12.1. The minimum Gasteiger partial charge on any atom is -0.384 e. The summed E-state index contributed by atoms with van der Waals surface area (Å²) in [6.07, 6.45) is 1.51.